The van der Waals surface area contributed by atoms with Crippen molar-refractivity contribution in [1.82, 2.24) is 4.98 Å². The molecule has 24 heavy (non-hydrogen) atoms. The minimum atomic E-state index is -4.42. The number of alkyl halides is 3. The summed E-state index contributed by atoms with van der Waals surface area (Å²) in [7, 11) is 3.03. The number of pyridine rings is 1. The van der Waals surface area contributed by atoms with Crippen LogP contribution in [0.4, 0.5) is 19.0 Å². The summed E-state index contributed by atoms with van der Waals surface area (Å²) in [6.07, 6.45) is -2.20. The van der Waals surface area contributed by atoms with Gasteiger partial charge in [-0.25, -0.2) is 4.98 Å². The molecule has 9 heteroatoms. The van der Waals surface area contributed by atoms with Crippen LogP contribution in [0.5, 0.6) is 11.5 Å². The third-order valence-electron chi connectivity index (χ3n) is 2.98. The van der Waals surface area contributed by atoms with Crippen molar-refractivity contribution in [2.45, 2.75) is 6.18 Å². The Bertz CT molecular complexity index is 734. The molecule has 1 aromatic carbocycles. The summed E-state index contributed by atoms with van der Waals surface area (Å²) >= 11 is 3.37. The van der Waals surface area contributed by atoms with Gasteiger partial charge in [-0.1, -0.05) is 0 Å². The molecule has 0 unspecified atom stereocenters. The predicted octanol–water partition coefficient (Wildman–Crippen LogP) is 4.33. The molecular weight excluding hydrogens is 391 g/mol. The highest BCUT2D eigenvalue weighted by Crippen LogP contribution is 2.32. The fraction of sp³-hybridized carbons (Fsp3) is 0.200. The van der Waals surface area contributed by atoms with Crippen LogP contribution in [-0.4, -0.2) is 25.4 Å². The maximum absolute atomic E-state index is 12.5. The Kier molecular flexibility index (Phi) is 5.66. The van der Waals surface area contributed by atoms with Gasteiger partial charge in [0.05, 0.1) is 26.0 Å². The monoisotopic (exact) mass is 403 g/mol. The average molecular weight is 404 g/mol. The summed E-state index contributed by atoms with van der Waals surface area (Å²) in [5.41, 5.74) is 2.43. The fourth-order valence-corrected chi connectivity index (χ4v) is 2.19. The van der Waals surface area contributed by atoms with Gasteiger partial charge in [-0.2, -0.15) is 18.3 Å². The van der Waals surface area contributed by atoms with Gasteiger partial charge in [0.25, 0.3) is 0 Å². The van der Waals surface area contributed by atoms with E-state index in [2.05, 4.69) is 31.4 Å². The van der Waals surface area contributed by atoms with E-state index in [9.17, 15) is 13.2 Å². The molecule has 5 nitrogen and oxygen atoms in total. The maximum Gasteiger partial charge on any atom is 0.417 e. The summed E-state index contributed by atoms with van der Waals surface area (Å²) < 4.78 is 48.4. The first-order valence-corrected chi connectivity index (χ1v) is 7.38. The molecule has 0 atom stereocenters. The standard InChI is InChI=1S/C15H13BrF3N3O2/c1-23-12-5-9(11(16)6-13(12)24-2)7-21-22-14-4-3-10(8-20-14)15(17,18)19/h3-8H,1-2H3,(H,20,22)/b21-7-. The first-order valence-electron chi connectivity index (χ1n) is 6.59. The number of aromatic nitrogens is 1. The van der Waals surface area contributed by atoms with Crippen LogP contribution in [0, 0.1) is 0 Å². The van der Waals surface area contributed by atoms with Crippen molar-refractivity contribution in [2.24, 2.45) is 5.10 Å². The second-order valence-corrected chi connectivity index (χ2v) is 5.38. The number of anilines is 1. The molecule has 1 aromatic heterocycles. The number of methoxy groups -OCH3 is 2. The number of ether oxygens (including phenoxy) is 2. The van der Waals surface area contributed by atoms with Crippen LogP contribution in [0.1, 0.15) is 11.1 Å². The van der Waals surface area contributed by atoms with Gasteiger partial charge in [-0.3, -0.25) is 5.43 Å². The van der Waals surface area contributed by atoms with Gasteiger partial charge < -0.3 is 9.47 Å². The lowest BCUT2D eigenvalue weighted by Crippen LogP contribution is -2.05. The number of benzene rings is 1. The third kappa shape index (κ3) is 4.38. The van der Waals surface area contributed by atoms with Crippen molar-refractivity contribution in [3.8, 4) is 11.5 Å². The van der Waals surface area contributed by atoms with E-state index >= 15 is 0 Å². The highest BCUT2D eigenvalue weighted by molar-refractivity contribution is 9.10. The van der Waals surface area contributed by atoms with Gasteiger partial charge in [0.2, 0.25) is 0 Å². The fourth-order valence-electron chi connectivity index (χ4n) is 1.76. The van der Waals surface area contributed by atoms with Gasteiger partial charge in [0, 0.05) is 16.2 Å². The van der Waals surface area contributed by atoms with Crippen molar-refractivity contribution in [1.29, 1.82) is 0 Å². The summed E-state index contributed by atoms with van der Waals surface area (Å²) in [6, 6.07) is 5.55. The van der Waals surface area contributed by atoms with E-state index in [1.165, 1.54) is 26.5 Å². The zero-order valence-electron chi connectivity index (χ0n) is 12.7. The first-order chi connectivity index (χ1) is 11.3. The number of hydrogen-bond donors (Lipinski definition) is 1. The lowest BCUT2D eigenvalue weighted by molar-refractivity contribution is -0.137. The Labute approximate surface area is 144 Å². The molecule has 2 aromatic rings. The Morgan fingerprint density at radius 3 is 2.38 bits per heavy atom. The molecule has 0 spiro atoms. The normalized spacial score (nSPS) is 11.6. The maximum atomic E-state index is 12.5. The second kappa shape index (κ2) is 7.52. The topological polar surface area (TPSA) is 55.7 Å². The number of hydrogen-bond acceptors (Lipinski definition) is 5. The molecule has 0 aliphatic rings. The molecule has 0 aliphatic carbocycles. The summed E-state index contributed by atoms with van der Waals surface area (Å²) in [5, 5.41) is 3.95. The number of nitrogens with one attached hydrogen (secondary N) is 1. The molecule has 0 aliphatic heterocycles. The molecule has 0 fully saturated rings. The van der Waals surface area contributed by atoms with Crippen molar-refractivity contribution in [3.63, 3.8) is 0 Å². The van der Waals surface area contributed by atoms with Crippen LogP contribution < -0.4 is 14.9 Å². The van der Waals surface area contributed by atoms with Crippen LogP contribution in [0.25, 0.3) is 0 Å². The molecule has 0 saturated heterocycles. The Morgan fingerprint density at radius 1 is 1.17 bits per heavy atom. The van der Waals surface area contributed by atoms with Gasteiger partial charge in [-0.15, -0.1) is 0 Å². The van der Waals surface area contributed by atoms with E-state index in [1.54, 1.807) is 12.1 Å². The molecule has 0 saturated carbocycles. The number of rotatable bonds is 5. The van der Waals surface area contributed by atoms with Crippen molar-refractivity contribution < 1.29 is 22.6 Å². The highest BCUT2D eigenvalue weighted by Gasteiger charge is 2.30. The van der Waals surface area contributed by atoms with Crippen LogP contribution in [-0.2, 0) is 6.18 Å². The minimum Gasteiger partial charge on any atom is -0.493 e. The highest BCUT2D eigenvalue weighted by atomic mass is 79.9. The number of nitrogens with zero attached hydrogens (tertiary/aromatic N) is 2. The van der Waals surface area contributed by atoms with Crippen molar-refractivity contribution >= 4 is 28.0 Å². The van der Waals surface area contributed by atoms with Crippen molar-refractivity contribution in [3.05, 3.63) is 46.1 Å². The Hall–Kier alpha value is -2.29. The van der Waals surface area contributed by atoms with E-state index in [0.29, 0.717) is 21.5 Å². The van der Waals surface area contributed by atoms with E-state index in [1.807, 2.05) is 0 Å². The molecule has 1 heterocycles. The van der Waals surface area contributed by atoms with E-state index < -0.39 is 11.7 Å². The smallest absolute Gasteiger partial charge is 0.417 e. The lowest BCUT2D eigenvalue weighted by atomic mass is 10.2. The first kappa shape index (κ1) is 18.1. The van der Waals surface area contributed by atoms with Gasteiger partial charge in [-0.05, 0) is 40.2 Å². The number of hydrazone groups is 1. The second-order valence-electron chi connectivity index (χ2n) is 4.53. The molecule has 1 N–H and O–H groups in total. The SMILES string of the molecule is COc1cc(Br)c(/C=N\Nc2ccc(C(F)(F)F)cn2)cc1OC. The number of halogens is 4. The Balaban J connectivity index is 2.12. The molecule has 0 radical (unpaired) electrons. The van der Waals surface area contributed by atoms with E-state index in [4.69, 9.17) is 9.47 Å². The third-order valence-corrected chi connectivity index (χ3v) is 3.66. The van der Waals surface area contributed by atoms with Crippen LogP contribution in [0.15, 0.2) is 40.0 Å². The largest absolute Gasteiger partial charge is 0.493 e. The summed E-state index contributed by atoms with van der Waals surface area (Å²) in [5.74, 6) is 1.27. The molecule has 128 valence electrons. The molecule has 0 amide bonds. The van der Waals surface area contributed by atoms with Crippen LogP contribution >= 0.6 is 15.9 Å². The minimum absolute atomic E-state index is 0.191. The lowest BCUT2D eigenvalue weighted by Gasteiger charge is -2.09. The summed E-state index contributed by atoms with van der Waals surface area (Å²) in [4.78, 5) is 3.66. The predicted molar refractivity (Wildman–Crippen MR) is 87.7 cm³/mol. The van der Waals surface area contributed by atoms with Crippen molar-refractivity contribution in [2.75, 3.05) is 19.6 Å². The van der Waals surface area contributed by atoms with E-state index in [0.717, 1.165) is 12.3 Å². The molecular formula is C15H13BrF3N3O2. The van der Waals surface area contributed by atoms with Crippen LogP contribution in [0.3, 0.4) is 0 Å². The van der Waals surface area contributed by atoms with Gasteiger partial charge in [0.1, 0.15) is 5.82 Å². The van der Waals surface area contributed by atoms with Gasteiger partial charge in [0.15, 0.2) is 11.5 Å². The van der Waals surface area contributed by atoms with Gasteiger partial charge >= 0.3 is 6.18 Å². The quantitative estimate of drug-likeness (QED) is 0.596. The summed E-state index contributed by atoms with van der Waals surface area (Å²) in [6.45, 7) is 0. The van der Waals surface area contributed by atoms with Crippen LogP contribution in [0.2, 0.25) is 0 Å². The molecule has 0 bridgehead atoms. The zero-order valence-corrected chi connectivity index (χ0v) is 14.3. The molecule has 2 rings (SSSR count). The zero-order chi connectivity index (χ0) is 17.7. The average Bonchev–Trinajstić information content (AvgIpc) is 2.55. The Morgan fingerprint density at radius 2 is 1.83 bits per heavy atom. The van der Waals surface area contributed by atoms with E-state index in [-0.39, 0.29) is 5.82 Å².